The smallest absolute Gasteiger partial charge is 0.114 e. The van der Waals surface area contributed by atoms with E-state index >= 15 is 0 Å². The van der Waals surface area contributed by atoms with E-state index in [-0.39, 0.29) is 0 Å². The summed E-state index contributed by atoms with van der Waals surface area (Å²) < 4.78 is 0. The lowest BCUT2D eigenvalue weighted by atomic mass is 10.4. The quantitative estimate of drug-likeness (QED) is 0.573. The van der Waals surface area contributed by atoms with Gasteiger partial charge in [0.15, 0.2) is 0 Å². The van der Waals surface area contributed by atoms with E-state index in [0.29, 0.717) is 12.4 Å². The standard InChI is InChI=1S/C8H13N3S/c1-3-7(9)10-5-8-11-4-6(2)12-8/h4H,3,5H2,1-2H3,(H2,9,10). The molecule has 0 amide bonds. The van der Waals surface area contributed by atoms with Gasteiger partial charge in [0.2, 0.25) is 0 Å². The molecule has 1 aromatic rings. The largest absolute Gasteiger partial charge is 0.387 e. The maximum atomic E-state index is 5.55. The Bertz CT molecular complexity index is 278. The van der Waals surface area contributed by atoms with Crippen LogP contribution in [0.3, 0.4) is 0 Å². The lowest BCUT2D eigenvalue weighted by Crippen LogP contribution is -2.09. The molecule has 0 spiro atoms. The van der Waals surface area contributed by atoms with E-state index in [4.69, 9.17) is 5.73 Å². The molecule has 0 aromatic carbocycles. The highest BCUT2D eigenvalue weighted by molar-refractivity contribution is 7.11. The summed E-state index contributed by atoms with van der Waals surface area (Å²) in [7, 11) is 0. The number of rotatable bonds is 3. The van der Waals surface area contributed by atoms with Gasteiger partial charge in [-0.3, -0.25) is 4.99 Å². The molecule has 0 saturated carbocycles. The summed E-state index contributed by atoms with van der Waals surface area (Å²) >= 11 is 1.67. The maximum absolute atomic E-state index is 5.55. The predicted octanol–water partition coefficient (Wildman–Crippen LogP) is 1.72. The Hall–Kier alpha value is -0.900. The van der Waals surface area contributed by atoms with Crippen molar-refractivity contribution >= 4 is 17.2 Å². The number of nitrogens with zero attached hydrogens (tertiary/aromatic N) is 2. The van der Waals surface area contributed by atoms with Crippen LogP contribution in [0.1, 0.15) is 23.2 Å². The number of hydrogen-bond donors (Lipinski definition) is 1. The molecule has 0 unspecified atom stereocenters. The molecular weight excluding hydrogens is 170 g/mol. The van der Waals surface area contributed by atoms with Crippen LogP contribution in [0.4, 0.5) is 0 Å². The topological polar surface area (TPSA) is 51.3 Å². The molecule has 66 valence electrons. The third-order valence-corrected chi connectivity index (χ3v) is 2.35. The molecule has 0 bridgehead atoms. The first-order valence-corrected chi connectivity index (χ1v) is 4.74. The van der Waals surface area contributed by atoms with Crippen molar-refractivity contribution in [1.29, 1.82) is 0 Å². The van der Waals surface area contributed by atoms with Crippen LogP contribution >= 0.6 is 11.3 Å². The van der Waals surface area contributed by atoms with Crippen LogP contribution in [0.25, 0.3) is 0 Å². The monoisotopic (exact) mass is 183 g/mol. The second-order valence-corrected chi connectivity index (χ2v) is 3.85. The van der Waals surface area contributed by atoms with Crippen molar-refractivity contribution in [2.24, 2.45) is 10.7 Å². The Morgan fingerprint density at radius 2 is 2.50 bits per heavy atom. The van der Waals surface area contributed by atoms with Crippen LogP contribution in [0.2, 0.25) is 0 Å². The summed E-state index contributed by atoms with van der Waals surface area (Å²) in [5.74, 6) is 0.697. The first-order chi connectivity index (χ1) is 5.72. The molecule has 0 aliphatic rings. The zero-order chi connectivity index (χ0) is 8.97. The van der Waals surface area contributed by atoms with Gasteiger partial charge in [0, 0.05) is 17.5 Å². The summed E-state index contributed by atoms with van der Waals surface area (Å²) in [5, 5.41) is 1.03. The Morgan fingerprint density at radius 3 is 3.00 bits per heavy atom. The van der Waals surface area contributed by atoms with E-state index < -0.39 is 0 Å². The summed E-state index contributed by atoms with van der Waals surface area (Å²) in [6.45, 7) is 4.65. The molecule has 1 rings (SSSR count). The van der Waals surface area contributed by atoms with E-state index in [9.17, 15) is 0 Å². The van der Waals surface area contributed by atoms with Gasteiger partial charge in [-0.2, -0.15) is 0 Å². The maximum Gasteiger partial charge on any atom is 0.114 e. The molecule has 0 aliphatic heterocycles. The summed E-state index contributed by atoms with van der Waals surface area (Å²) in [6.07, 6.45) is 2.67. The van der Waals surface area contributed by atoms with E-state index in [2.05, 4.69) is 9.98 Å². The summed E-state index contributed by atoms with van der Waals surface area (Å²) in [4.78, 5) is 9.56. The highest BCUT2D eigenvalue weighted by Crippen LogP contribution is 2.11. The fraction of sp³-hybridized carbons (Fsp3) is 0.500. The first-order valence-electron chi connectivity index (χ1n) is 3.92. The van der Waals surface area contributed by atoms with Crippen molar-refractivity contribution in [1.82, 2.24) is 4.98 Å². The molecule has 0 saturated heterocycles. The molecule has 0 aliphatic carbocycles. The van der Waals surface area contributed by atoms with E-state index in [0.717, 1.165) is 11.4 Å². The average Bonchev–Trinajstić information content (AvgIpc) is 2.47. The zero-order valence-electron chi connectivity index (χ0n) is 7.37. The van der Waals surface area contributed by atoms with Gasteiger partial charge in [-0.1, -0.05) is 6.92 Å². The van der Waals surface area contributed by atoms with Gasteiger partial charge in [-0.05, 0) is 6.92 Å². The van der Waals surface area contributed by atoms with E-state index in [1.165, 1.54) is 4.88 Å². The average molecular weight is 183 g/mol. The summed E-state index contributed by atoms with van der Waals surface area (Å²) in [5.41, 5.74) is 5.55. The van der Waals surface area contributed by atoms with Crippen LogP contribution < -0.4 is 5.73 Å². The zero-order valence-corrected chi connectivity index (χ0v) is 8.19. The first kappa shape index (κ1) is 9.19. The Labute approximate surface area is 76.4 Å². The van der Waals surface area contributed by atoms with Gasteiger partial charge in [-0.25, -0.2) is 4.98 Å². The minimum atomic E-state index is 0.623. The van der Waals surface area contributed by atoms with Crippen molar-refractivity contribution in [3.8, 4) is 0 Å². The second kappa shape index (κ2) is 4.21. The minimum absolute atomic E-state index is 0.623. The number of aryl methyl sites for hydroxylation is 1. The molecule has 2 N–H and O–H groups in total. The molecule has 0 atom stereocenters. The van der Waals surface area contributed by atoms with E-state index in [1.54, 1.807) is 11.3 Å². The number of aliphatic imine (C=N–C) groups is 1. The number of aromatic nitrogens is 1. The lowest BCUT2D eigenvalue weighted by molar-refractivity contribution is 1.01. The fourth-order valence-corrected chi connectivity index (χ4v) is 1.47. The van der Waals surface area contributed by atoms with Crippen molar-refractivity contribution in [3.63, 3.8) is 0 Å². The highest BCUT2D eigenvalue weighted by Gasteiger charge is 1.96. The van der Waals surface area contributed by atoms with Crippen molar-refractivity contribution in [2.45, 2.75) is 26.8 Å². The molecule has 4 heteroatoms. The third-order valence-electron chi connectivity index (χ3n) is 1.45. The molecular formula is C8H13N3S. The van der Waals surface area contributed by atoms with Gasteiger partial charge >= 0.3 is 0 Å². The Kier molecular flexibility index (Phi) is 3.22. The van der Waals surface area contributed by atoms with E-state index in [1.807, 2.05) is 20.0 Å². The molecule has 12 heavy (non-hydrogen) atoms. The molecule has 0 radical (unpaired) electrons. The van der Waals surface area contributed by atoms with Gasteiger partial charge in [-0.15, -0.1) is 11.3 Å². The Balaban J connectivity index is 2.53. The van der Waals surface area contributed by atoms with Crippen molar-refractivity contribution in [3.05, 3.63) is 16.1 Å². The minimum Gasteiger partial charge on any atom is -0.387 e. The highest BCUT2D eigenvalue weighted by atomic mass is 32.1. The lowest BCUT2D eigenvalue weighted by Gasteiger charge is -1.92. The van der Waals surface area contributed by atoms with Crippen molar-refractivity contribution in [2.75, 3.05) is 0 Å². The molecule has 3 nitrogen and oxygen atoms in total. The number of nitrogens with two attached hydrogens (primary N) is 1. The molecule has 1 aromatic heterocycles. The third kappa shape index (κ3) is 2.62. The number of amidine groups is 1. The van der Waals surface area contributed by atoms with Crippen LogP contribution in [-0.4, -0.2) is 10.8 Å². The SMILES string of the molecule is CCC(N)=NCc1ncc(C)s1. The van der Waals surface area contributed by atoms with Crippen LogP contribution in [0.15, 0.2) is 11.2 Å². The van der Waals surface area contributed by atoms with Crippen LogP contribution in [-0.2, 0) is 6.54 Å². The van der Waals surface area contributed by atoms with Gasteiger partial charge in [0.25, 0.3) is 0 Å². The summed E-state index contributed by atoms with van der Waals surface area (Å²) in [6, 6.07) is 0. The molecule has 0 fully saturated rings. The Morgan fingerprint density at radius 1 is 1.75 bits per heavy atom. The van der Waals surface area contributed by atoms with Crippen LogP contribution in [0, 0.1) is 6.92 Å². The predicted molar refractivity (Wildman–Crippen MR) is 52.5 cm³/mol. The van der Waals surface area contributed by atoms with Gasteiger partial charge in [0.1, 0.15) is 5.01 Å². The normalized spacial score (nSPS) is 12.0. The number of thiazole rings is 1. The fourth-order valence-electron chi connectivity index (χ4n) is 0.756. The van der Waals surface area contributed by atoms with Crippen LogP contribution in [0.5, 0.6) is 0 Å². The van der Waals surface area contributed by atoms with Gasteiger partial charge in [0.05, 0.1) is 12.4 Å². The van der Waals surface area contributed by atoms with Gasteiger partial charge < -0.3 is 5.73 Å². The number of hydrogen-bond acceptors (Lipinski definition) is 3. The van der Waals surface area contributed by atoms with Crippen molar-refractivity contribution < 1.29 is 0 Å². The molecule has 1 heterocycles. The second-order valence-electron chi connectivity index (χ2n) is 2.53.